The highest BCUT2D eigenvalue weighted by Crippen LogP contribution is 2.20. The fraction of sp³-hybridized carbons (Fsp3) is 0.471. The third-order valence-corrected chi connectivity index (χ3v) is 4.31. The zero-order chi connectivity index (χ0) is 16.1. The molecule has 23 heavy (non-hydrogen) atoms. The maximum atomic E-state index is 12.4. The van der Waals surface area contributed by atoms with E-state index in [2.05, 4.69) is 46.2 Å². The van der Waals surface area contributed by atoms with Crippen LogP contribution in [0.25, 0.3) is 0 Å². The number of rotatable bonds is 5. The van der Waals surface area contributed by atoms with Gasteiger partial charge in [0.15, 0.2) is 0 Å². The second-order valence-corrected chi connectivity index (χ2v) is 5.98. The van der Waals surface area contributed by atoms with Crippen LogP contribution < -0.4 is 4.90 Å². The lowest BCUT2D eigenvalue weighted by molar-refractivity contribution is -0.132. The molecule has 122 valence electrons. The molecule has 0 spiro atoms. The van der Waals surface area contributed by atoms with Gasteiger partial charge in [0, 0.05) is 44.3 Å². The lowest BCUT2D eigenvalue weighted by Gasteiger charge is -2.41. The van der Waals surface area contributed by atoms with E-state index in [0.717, 1.165) is 32.6 Å². The number of carbonyl (C=O) groups excluding carboxylic acids is 1. The molecular formula is C17H23N5O. The number of nitrogens with zero attached hydrogens (tertiary/aromatic N) is 5. The Kier molecular flexibility index (Phi) is 4.90. The van der Waals surface area contributed by atoms with Crippen molar-refractivity contribution in [3.8, 4) is 0 Å². The van der Waals surface area contributed by atoms with Crippen LogP contribution in [0.5, 0.6) is 0 Å². The minimum Gasteiger partial charge on any atom is -0.365 e. The fourth-order valence-electron chi connectivity index (χ4n) is 3.09. The Balaban J connectivity index is 1.48. The topological polar surface area (TPSA) is 54.3 Å². The number of benzene rings is 1. The molecule has 6 nitrogen and oxygen atoms in total. The maximum Gasteiger partial charge on any atom is 0.222 e. The van der Waals surface area contributed by atoms with E-state index in [1.165, 1.54) is 12.0 Å². The summed E-state index contributed by atoms with van der Waals surface area (Å²) in [5.74, 6) is 0.240. The molecule has 0 radical (unpaired) electrons. The Labute approximate surface area is 136 Å². The standard InChI is InChI=1S/C17H23N5O/c1-15-12-20(10-11-22(15)16-6-3-2-4-7-16)17(23)8-5-9-21-14-18-13-19-21/h2-4,6-7,13-15H,5,8-12H2,1H3/t15-/m0/s1. The van der Waals surface area contributed by atoms with Gasteiger partial charge in [-0.25, -0.2) is 4.98 Å². The molecule has 1 aromatic heterocycles. The third kappa shape index (κ3) is 3.88. The predicted octanol–water partition coefficient (Wildman–Crippen LogP) is 1.80. The van der Waals surface area contributed by atoms with Gasteiger partial charge in [-0.3, -0.25) is 9.48 Å². The summed E-state index contributed by atoms with van der Waals surface area (Å²) in [5, 5.41) is 4.06. The van der Waals surface area contributed by atoms with Crippen LogP contribution in [-0.4, -0.2) is 51.2 Å². The van der Waals surface area contributed by atoms with Crippen LogP contribution in [-0.2, 0) is 11.3 Å². The first-order valence-corrected chi connectivity index (χ1v) is 8.16. The molecule has 1 aliphatic rings. The molecule has 1 saturated heterocycles. The van der Waals surface area contributed by atoms with E-state index >= 15 is 0 Å². The number of anilines is 1. The van der Waals surface area contributed by atoms with Crippen molar-refractivity contribution in [2.24, 2.45) is 0 Å². The molecule has 0 unspecified atom stereocenters. The summed E-state index contributed by atoms with van der Waals surface area (Å²) < 4.78 is 1.77. The Morgan fingerprint density at radius 1 is 1.26 bits per heavy atom. The molecule has 1 atom stereocenters. The SMILES string of the molecule is C[C@H]1CN(C(=O)CCCn2cncn2)CCN1c1ccccc1. The van der Waals surface area contributed by atoms with E-state index in [4.69, 9.17) is 0 Å². The lowest BCUT2D eigenvalue weighted by Crippen LogP contribution is -2.53. The van der Waals surface area contributed by atoms with Crippen LogP contribution in [0.15, 0.2) is 43.0 Å². The molecular weight excluding hydrogens is 290 g/mol. The Morgan fingerprint density at radius 3 is 2.78 bits per heavy atom. The summed E-state index contributed by atoms with van der Waals surface area (Å²) in [5.41, 5.74) is 1.23. The summed E-state index contributed by atoms with van der Waals surface area (Å²) in [6.45, 7) is 5.39. The van der Waals surface area contributed by atoms with Crippen LogP contribution in [0.1, 0.15) is 19.8 Å². The molecule has 0 bridgehead atoms. The van der Waals surface area contributed by atoms with Crippen molar-refractivity contribution in [1.82, 2.24) is 19.7 Å². The van der Waals surface area contributed by atoms with Gasteiger partial charge in [-0.2, -0.15) is 5.10 Å². The van der Waals surface area contributed by atoms with Gasteiger partial charge < -0.3 is 9.80 Å². The van der Waals surface area contributed by atoms with Gasteiger partial charge in [0.1, 0.15) is 12.7 Å². The van der Waals surface area contributed by atoms with Crippen molar-refractivity contribution in [2.75, 3.05) is 24.5 Å². The van der Waals surface area contributed by atoms with Gasteiger partial charge in [0.25, 0.3) is 0 Å². The number of aromatic nitrogens is 3. The van der Waals surface area contributed by atoms with E-state index < -0.39 is 0 Å². The number of piperazine rings is 1. The van der Waals surface area contributed by atoms with Crippen LogP contribution in [0.3, 0.4) is 0 Å². The first-order chi connectivity index (χ1) is 11.2. The molecule has 0 aliphatic carbocycles. The van der Waals surface area contributed by atoms with Crippen molar-refractivity contribution in [1.29, 1.82) is 0 Å². The molecule has 6 heteroatoms. The van der Waals surface area contributed by atoms with E-state index in [1.807, 2.05) is 11.0 Å². The van der Waals surface area contributed by atoms with Gasteiger partial charge >= 0.3 is 0 Å². The highest BCUT2D eigenvalue weighted by atomic mass is 16.2. The third-order valence-electron chi connectivity index (χ3n) is 4.31. The summed E-state index contributed by atoms with van der Waals surface area (Å²) in [7, 11) is 0. The monoisotopic (exact) mass is 313 g/mol. The number of amides is 1. The van der Waals surface area contributed by atoms with Crippen LogP contribution in [0, 0.1) is 0 Å². The van der Waals surface area contributed by atoms with Gasteiger partial charge in [0.05, 0.1) is 0 Å². The Morgan fingerprint density at radius 2 is 2.09 bits per heavy atom. The number of hydrogen-bond acceptors (Lipinski definition) is 4. The van der Waals surface area contributed by atoms with Gasteiger partial charge in [-0.05, 0) is 25.5 Å². The van der Waals surface area contributed by atoms with Gasteiger partial charge in [0.2, 0.25) is 5.91 Å². The van der Waals surface area contributed by atoms with Crippen molar-refractivity contribution in [3.05, 3.63) is 43.0 Å². The highest BCUT2D eigenvalue weighted by molar-refractivity contribution is 5.76. The van der Waals surface area contributed by atoms with E-state index in [9.17, 15) is 4.79 Å². The lowest BCUT2D eigenvalue weighted by atomic mass is 10.1. The fourth-order valence-corrected chi connectivity index (χ4v) is 3.09. The van der Waals surface area contributed by atoms with Crippen molar-refractivity contribution < 1.29 is 4.79 Å². The maximum absolute atomic E-state index is 12.4. The summed E-state index contributed by atoms with van der Waals surface area (Å²) in [6, 6.07) is 10.7. The van der Waals surface area contributed by atoms with Crippen molar-refractivity contribution in [2.45, 2.75) is 32.4 Å². The zero-order valence-corrected chi connectivity index (χ0v) is 13.5. The minimum atomic E-state index is 0.240. The number of carbonyl (C=O) groups is 1. The number of aryl methyl sites for hydroxylation is 1. The Bertz CT molecular complexity index is 613. The molecule has 2 heterocycles. The first kappa shape index (κ1) is 15.5. The summed E-state index contributed by atoms with van der Waals surface area (Å²) >= 11 is 0. The predicted molar refractivity (Wildman–Crippen MR) is 89.1 cm³/mol. The molecule has 1 aliphatic heterocycles. The largest absolute Gasteiger partial charge is 0.365 e. The average molecular weight is 313 g/mol. The van der Waals surface area contributed by atoms with Gasteiger partial charge in [-0.1, -0.05) is 18.2 Å². The quantitative estimate of drug-likeness (QED) is 0.844. The molecule has 0 N–H and O–H groups in total. The number of para-hydroxylation sites is 1. The summed E-state index contributed by atoms with van der Waals surface area (Å²) in [4.78, 5) is 20.7. The van der Waals surface area contributed by atoms with E-state index in [-0.39, 0.29) is 5.91 Å². The molecule has 3 rings (SSSR count). The molecule has 1 fully saturated rings. The second-order valence-electron chi connectivity index (χ2n) is 5.98. The van der Waals surface area contributed by atoms with Crippen LogP contribution in [0.4, 0.5) is 5.69 Å². The van der Waals surface area contributed by atoms with Crippen LogP contribution in [0.2, 0.25) is 0 Å². The molecule has 2 aromatic rings. The van der Waals surface area contributed by atoms with E-state index in [1.54, 1.807) is 11.0 Å². The average Bonchev–Trinajstić information content (AvgIpc) is 3.09. The first-order valence-electron chi connectivity index (χ1n) is 8.16. The Hall–Kier alpha value is -2.37. The summed E-state index contributed by atoms with van der Waals surface area (Å²) in [6.07, 6.45) is 4.57. The highest BCUT2D eigenvalue weighted by Gasteiger charge is 2.26. The second kappa shape index (κ2) is 7.26. The van der Waals surface area contributed by atoms with Crippen LogP contribution >= 0.6 is 0 Å². The normalized spacial score (nSPS) is 18.2. The van der Waals surface area contributed by atoms with Crippen molar-refractivity contribution >= 4 is 11.6 Å². The molecule has 1 aromatic carbocycles. The molecule has 1 amide bonds. The van der Waals surface area contributed by atoms with Crippen molar-refractivity contribution in [3.63, 3.8) is 0 Å². The smallest absolute Gasteiger partial charge is 0.222 e. The minimum absolute atomic E-state index is 0.240. The zero-order valence-electron chi connectivity index (χ0n) is 13.5. The van der Waals surface area contributed by atoms with Gasteiger partial charge in [-0.15, -0.1) is 0 Å². The van der Waals surface area contributed by atoms with E-state index in [0.29, 0.717) is 12.5 Å². The molecule has 0 saturated carbocycles. The number of hydrogen-bond donors (Lipinski definition) is 0.